The summed E-state index contributed by atoms with van der Waals surface area (Å²) in [6.07, 6.45) is 1.55. The predicted octanol–water partition coefficient (Wildman–Crippen LogP) is 3.56. The van der Waals surface area contributed by atoms with E-state index >= 15 is 0 Å². The molecule has 7 heteroatoms. The van der Waals surface area contributed by atoms with Crippen LogP contribution in [0.4, 0.5) is 5.69 Å². The van der Waals surface area contributed by atoms with E-state index in [-0.39, 0.29) is 22.4 Å². The van der Waals surface area contributed by atoms with Gasteiger partial charge in [-0.3, -0.25) is 15.1 Å². The van der Waals surface area contributed by atoms with Crippen LogP contribution in [-0.2, 0) is 0 Å². The van der Waals surface area contributed by atoms with E-state index in [1.165, 1.54) is 6.92 Å². The molecule has 0 saturated carbocycles. The molecule has 2 heterocycles. The van der Waals surface area contributed by atoms with E-state index in [2.05, 4.69) is 15.0 Å². The fraction of sp³-hybridized carbons (Fsp3) is 0.0714. The molecule has 104 valence electrons. The Morgan fingerprint density at radius 1 is 1.24 bits per heavy atom. The number of fused-ring (bicyclic) bond motifs is 1. The Morgan fingerprint density at radius 2 is 2.00 bits per heavy atom. The van der Waals surface area contributed by atoms with Gasteiger partial charge in [0.1, 0.15) is 5.69 Å². The monoisotopic (exact) mass is 300 g/mol. The van der Waals surface area contributed by atoms with Crippen molar-refractivity contribution < 1.29 is 4.92 Å². The van der Waals surface area contributed by atoms with E-state index in [4.69, 9.17) is 11.6 Å². The standard InChI is InChI=1S/C14H9ClN4O2/c1-8-13(19(20)21)12(18-14(15)17-8)10-6-9-4-2-3-5-11(9)16-7-10/h2-7H,1H3. The zero-order chi connectivity index (χ0) is 15.0. The molecule has 0 spiro atoms. The molecule has 0 amide bonds. The van der Waals surface area contributed by atoms with Crippen molar-refractivity contribution in [3.05, 3.63) is 57.6 Å². The van der Waals surface area contributed by atoms with Crippen LogP contribution in [0.3, 0.4) is 0 Å². The molecule has 21 heavy (non-hydrogen) atoms. The first-order valence-electron chi connectivity index (χ1n) is 6.10. The lowest BCUT2D eigenvalue weighted by atomic mass is 10.1. The highest BCUT2D eigenvalue weighted by molar-refractivity contribution is 6.28. The van der Waals surface area contributed by atoms with Crippen LogP contribution in [-0.4, -0.2) is 19.9 Å². The van der Waals surface area contributed by atoms with Gasteiger partial charge in [-0.15, -0.1) is 0 Å². The third-order valence-corrected chi connectivity index (χ3v) is 3.25. The topological polar surface area (TPSA) is 81.8 Å². The zero-order valence-corrected chi connectivity index (χ0v) is 11.7. The normalized spacial score (nSPS) is 10.8. The predicted molar refractivity (Wildman–Crippen MR) is 79.2 cm³/mol. The van der Waals surface area contributed by atoms with Gasteiger partial charge < -0.3 is 0 Å². The second kappa shape index (κ2) is 5.06. The number of pyridine rings is 1. The zero-order valence-electron chi connectivity index (χ0n) is 10.9. The molecule has 2 aromatic heterocycles. The van der Waals surface area contributed by atoms with Gasteiger partial charge in [0.2, 0.25) is 5.28 Å². The summed E-state index contributed by atoms with van der Waals surface area (Å²) >= 11 is 5.83. The number of benzene rings is 1. The van der Waals surface area contributed by atoms with E-state index in [1.54, 1.807) is 12.3 Å². The molecule has 3 rings (SSSR count). The molecule has 0 unspecified atom stereocenters. The van der Waals surface area contributed by atoms with E-state index in [0.717, 1.165) is 10.9 Å². The second-order valence-electron chi connectivity index (χ2n) is 4.45. The number of hydrogen-bond acceptors (Lipinski definition) is 5. The van der Waals surface area contributed by atoms with Gasteiger partial charge in [-0.05, 0) is 30.7 Å². The lowest BCUT2D eigenvalue weighted by molar-refractivity contribution is -0.385. The first-order chi connectivity index (χ1) is 10.1. The highest BCUT2D eigenvalue weighted by Gasteiger charge is 2.23. The molecule has 0 fully saturated rings. The summed E-state index contributed by atoms with van der Waals surface area (Å²) < 4.78 is 0. The summed E-state index contributed by atoms with van der Waals surface area (Å²) in [5.74, 6) is 0. The third-order valence-electron chi connectivity index (χ3n) is 3.08. The Bertz CT molecular complexity index is 867. The van der Waals surface area contributed by atoms with Crippen molar-refractivity contribution in [1.29, 1.82) is 0 Å². The van der Waals surface area contributed by atoms with E-state index < -0.39 is 4.92 Å². The SMILES string of the molecule is Cc1nc(Cl)nc(-c2cnc3ccccc3c2)c1[N+](=O)[O-]. The summed E-state index contributed by atoms with van der Waals surface area (Å²) in [4.78, 5) is 22.9. The maximum atomic E-state index is 11.3. The molecular weight excluding hydrogens is 292 g/mol. The van der Waals surface area contributed by atoms with Gasteiger partial charge in [-0.2, -0.15) is 0 Å². The smallest absolute Gasteiger partial charge is 0.258 e. The van der Waals surface area contributed by atoms with Crippen molar-refractivity contribution in [2.24, 2.45) is 0 Å². The van der Waals surface area contributed by atoms with Crippen molar-refractivity contribution in [1.82, 2.24) is 15.0 Å². The number of halogens is 1. The van der Waals surface area contributed by atoms with Crippen molar-refractivity contribution in [2.45, 2.75) is 6.92 Å². The van der Waals surface area contributed by atoms with Gasteiger partial charge in [-0.1, -0.05) is 18.2 Å². The Labute approximate surface area is 124 Å². The maximum Gasteiger partial charge on any atom is 0.316 e. The van der Waals surface area contributed by atoms with Crippen molar-refractivity contribution >= 4 is 28.2 Å². The Morgan fingerprint density at radius 3 is 2.76 bits per heavy atom. The minimum Gasteiger partial charge on any atom is -0.258 e. The van der Waals surface area contributed by atoms with Gasteiger partial charge in [0, 0.05) is 17.1 Å². The molecule has 0 aliphatic rings. The number of aromatic nitrogens is 3. The molecule has 0 aliphatic heterocycles. The number of nitro groups is 1. The van der Waals surface area contributed by atoms with Gasteiger partial charge in [0.05, 0.1) is 10.4 Å². The fourth-order valence-corrected chi connectivity index (χ4v) is 2.36. The molecule has 0 N–H and O–H groups in total. The summed E-state index contributed by atoms with van der Waals surface area (Å²) in [5, 5.41) is 12.1. The van der Waals surface area contributed by atoms with E-state index in [9.17, 15) is 10.1 Å². The summed E-state index contributed by atoms with van der Waals surface area (Å²) in [5.41, 5.74) is 1.59. The molecule has 0 bridgehead atoms. The average Bonchev–Trinajstić information content (AvgIpc) is 2.45. The Kier molecular flexibility index (Phi) is 3.23. The summed E-state index contributed by atoms with van der Waals surface area (Å²) in [7, 11) is 0. The van der Waals surface area contributed by atoms with Gasteiger partial charge in [0.25, 0.3) is 0 Å². The lowest BCUT2D eigenvalue weighted by Crippen LogP contribution is -2.01. The van der Waals surface area contributed by atoms with Gasteiger partial charge >= 0.3 is 5.69 Å². The van der Waals surface area contributed by atoms with Crippen molar-refractivity contribution in [3.63, 3.8) is 0 Å². The third kappa shape index (κ3) is 2.41. The molecule has 3 aromatic rings. The van der Waals surface area contributed by atoms with Crippen molar-refractivity contribution in [3.8, 4) is 11.3 Å². The quantitative estimate of drug-likeness (QED) is 0.410. The molecular formula is C14H9ClN4O2. The largest absolute Gasteiger partial charge is 0.316 e. The molecule has 0 atom stereocenters. The van der Waals surface area contributed by atoms with Crippen LogP contribution in [0.2, 0.25) is 5.28 Å². The Hall–Kier alpha value is -2.60. The van der Waals surface area contributed by atoms with Crippen LogP contribution < -0.4 is 0 Å². The van der Waals surface area contributed by atoms with Crippen LogP contribution in [0.1, 0.15) is 5.69 Å². The number of rotatable bonds is 2. The molecule has 0 saturated heterocycles. The highest BCUT2D eigenvalue weighted by Crippen LogP contribution is 2.31. The van der Waals surface area contributed by atoms with Crippen molar-refractivity contribution in [2.75, 3.05) is 0 Å². The molecule has 0 aliphatic carbocycles. The number of para-hydroxylation sites is 1. The average molecular weight is 301 g/mol. The van der Waals surface area contributed by atoms with Crippen LogP contribution in [0, 0.1) is 17.0 Å². The van der Waals surface area contributed by atoms with Gasteiger partial charge in [-0.25, -0.2) is 9.97 Å². The van der Waals surface area contributed by atoms with Crippen LogP contribution >= 0.6 is 11.6 Å². The fourth-order valence-electron chi connectivity index (χ4n) is 2.15. The summed E-state index contributed by atoms with van der Waals surface area (Å²) in [6.45, 7) is 1.53. The minimum atomic E-state index is -0.504. The highest BCUT2D eigenvalue weighted by atomic mass is 35.5. The number of nitrogens with zero attached hydrogens (tertiary/aromatic N) is 4. The first-order valence-corrected chi connectivity index (χ1v) is 6.48. The van der Waals surface area contributed by atoms with Crippen LogP contribution in [0.5, 0.6) is 0 Å². The van der Waals surface area contributed by atoms with E-state index in [1.807, 2.05) is 24.3 Å². The first kappa shape index (κ1) is 13.4. The van der Waals surface area contributed by atoms with Crippen LogP contribution in [0.25, 0.3) is 22.2 Å². The van der Waals surface area contributed by atoms with E-state index in [0.29, 0.717) is 5.56 Å². The minimum absolute atomic E-state index is 0.0266. The maximum absolute atomic E-state index is 11.3. The summed E-state index contributed by atoms with van der Waals surface area (Å²) in [6, 6.07) is 9.30. The van der Waals surface area contributed by atoms with Gasteiger partial charge in [0.15, 0.2) is 5.69 Å². The van der Waals surface area contributed by atoms with Crippen LogP contribution in [0.15, 0.2) is 36.5 Å². The molecule has 1 aromatic carbocycles. The molecule has 6 nitrogen and oxygen atoms in total. The Balaban J connectivity index is 2.29. The number of aryl methyl sites for hydroxylation is 1. The lowest BCUT2D eigenvalue weighted by Gasteiger charge is -2.06. The molecule has 0 radical (unpaired) electrons. The number of hydrogen-bond donors (Lipinski definition) is 0. The second-order valence-corrected chi connectivity index (χ2v) is 4.79.